The van der Waals surface area contributed by atoms with Crippen LogP contribution in [0.15, 0.2) is 48.8 Å². The van der Waals surface area contributed by atoms with E-state index in [1.165, 1.54) is 0 Å². The van der Waals surface area contributed by atoms with Gasteiger partial charge < -0.3 is 4.74 Å². The van der Waals surface area contributed by atoms with Gasteiger partial charge >= 0.3 is 6.18 Å². The number of para-hydroxylation sites is 1. The summed E-state index contributed by atoms with van der Waals surface area (Å²) in [6.07, 6.45) is -1.97. The van der Waals surface area contributed by atoms with Gasteiger partial charge in [0.1, 0.15) is 18.7 Å². The molecule has 31 heavy (non-hydrogen) atoms. The lowest BCUT2D eigenvalue weighted by Gasteiger charge is -2.32. The van der Waals surface area contributed by atoms with E-state index in [-0.39, 0.29) is 11.7 Å². The maximum absolute atomic E-state index is 13.5. The predicted octanol–water partition coefficient (Wildman–Crippen LogP) is 4.48. The highest BCUT2D eigenvalue weighted by atomic mass is 19.4. The monoisotopic (exact) mass is 431 g/mol. The second-order valence-electron chi connectivity index (χ2n) is 7.94. The Balaban J connectivity index is 1.45. The molecular weight excluding hydrogens is 407 g/mol. The molecule has 1 aromatic carbocycles. The molecule has 0 aliphatic carbocycles. The standard InChI is InChI=1S/C22H24F3N5O/c1-15(2)13-31-19-6-4-3-5-17(19)12-29-9-7-16(8-10-29)18-11-20(22(23,24)25)30-21(28-18)26-14-27-30/h3-6,11,14,16H,1,7-10,12-13H2,2H3. The number of rotatable bonds is 6. The molecule has 2 aromatic heterocycles. The molecule has 3 heterocycles. The number of piperidine rings is 1. The van der Waals surface area contributed by atoms with E-state index in [2.05, 4.69) is 26.5 Å². The van der Waals surface area contributed by atoms with Crippen molar-refractivity contribution in [1.29, 1.82) is 0 Å². The Morgan fingerprint density at radius 3 is 2.68 bits per heavy atom. The molecule has 0 bridgehead atoms. The Morgan fingerprint density at radius 1 is 1.23 bits per heavy atom. The van der Waals surface area contributed by atoms with E-state index in [1.807, 2.05) is 31.2 Å². The number of likely N-dealkylation sites (tertiary alicyclic amines) is 1. The number of hydrogen-bond acceptors (Lipinski definition) is 5. The number of alkyl halides is 3. The summed E-state index contributed by atoms with van der Waals surface area (Å²) in [4.78, 5) is 10.5. The number of nitrogens with zero attached hydrogens (tertiary/aromatic N) is 5. The van der Waals surface area contributed by atoms with Crippen molar-refractivity contribution in [2.45, 2.75) is 38.4 Å². The summed E-state index contributed by atoms with van der Waals surface area (Å²) in [7, 11) is 0. The molecule has 1 fully saturated rings. The molecule has 1 aliphatic rings. The fourth-order valence-corrected chi connectivity index (χ4v) is 3.85. The molecule has 0 unspecified atom stereocenters. The maximum atomic E-state index is 13.5. The zero-order chi connectivity index (χ0) is 22.0. The van der Waals surface area contributed by atoms with Crippen LogP contribution in [0.5, 0.6) is 5.75 Å². The Bertz CT molecular complexity index is 1070. The van der Waals surface area contributed by atoms with Crippen LogP contribution in [0.4, 0.5) is 13.2 Å². The van der Waals surface area contributed by atoms with Gasteiger partial charge in [0.05, 0.1) is 0 Å². The van der Waals surface area contributed by atoms with E-state index < -0.39 is 11.9 Å². The third-order valence-electron chi connectivity index (χ3n) is 5.41. The zero-order valence-electron chi connectivity index (χ0n) is 17.3. The van der Waals surface area contributed by atoms with Crippen LogP contribution in [0.25, 0.3) is 5.78 Å². The quantitative estimate of drug-likeness (QED) is 0.539. The first-order valence-electron chi connectivity index (χ1n) is 10.2. The van der Waals surface area contributed by atoms with Gasteiger partial charge in [-0.05, 0) is 50.6 Å². The van der Waals surface area contributed by atoms with Gasteiger partial charge in [-0.3, -0.25) is 4.90 Å². The van der Waals surface area contributed by atoms with Crippen molar-refractivity contribution < 1.29 is 17.9 Å². The Morgan fingerprint density at radius 2 is 1.97 bits per heavy atom. The molecule has 9 heteroatoms. The van der Waals surface area contributed by atoms with Crippen molar-refractivity contribution in [3.8, 4) is 5.75 Å². The molecule has 0 saturated carbocycles. The van der Waals surface area contributed by atoms with E-state index in [1.54, 1.807) is 0 Å². The second-order valence-corrected chi connectivity index (χ2v) is 7.94. The average molecular weight is 431 g/mol. The van der Waals surface area contributed by atoms with Gasteiger partial charge in [0.15, 0.2) is 5.69 Å². The van der Waals surface area contributed by atoms with E-state index >= 15 is 0 Å². The van der Waals surface area contributed by atoms with Crippen LogP contribution in [-0.4, -0.2) is 44.2 Å². The Hall–Kier alpha value is -2.94. The van der Waals surface area contributed by atoms with Crippen LogP contribution in [0.2, 0.25) is 0 Å². The smallest absolute Gasteiger partial charge is 0.433 e. The summed E-state index contributed by atoms with van der Waals surface area (Å²) in [6.45, 7) is 8.51. The highest BCUT2D eigenvalue weighted by Crippen LogP contribution is 2.34. The zero-order valence-corrected chi connectivity index (χ0v) is 17.3. The molecule has 6 nitrogen and oxygen atoms in total. The number of fused-ring (bicyclic) bond motifs is 1. The minimum Gasteiger partial charge on any atom is -0.489 e. The minimum atomic E-state index is -4.52. The van der Waals surface area contributed by atoms with Gasteiger partial charge in [-0.25, -0.2) is 4.98 Å². The van der Waals surface area contributed by atoms with E-state index in [0.29, 0.717) is 12.3 Å². The lowest BCUT2D eigenvalue weighted by atomic mass is 9.92. The van der Waals surface area contributed by atoms with Crippen molar-refractivity contribution in [2.75, 3.05) is 19.7 Å². The van der Waals surface area contributed by atoms with Crippen molar-refractivity contribution in [3.63, 3.8) is 0 Å². The first-order chi connectivity index (χ1) is 14.8. The van der Waals surface area contributed by atoms with Crippen LogP contribution in [0.1, 0.15) is 42.6 Å². The molecule has 164 valence electrons. The topological polar surface area (TPSA) is 55.6 Å². The molecule has 4 rings (SSSR count). The summed E-state index contributed by atoms with van der Waals surface area (Å²) in [5.74, 6) is 0.770. The maximum Gasteiger partial charge on any atom is 0.433 e. The molecule has 3 aromatic rings. The van der Waals surface area contributed by atoms with E-state index in [9.17, 15) is 13.2 Å². The second kappa shape index (κ2) is 8.66. The molecular formula is C22H24F3N5O. The lowest BCUT2D eigenvalue weighted by Crippen LogP contribution is -2.33. The van der Waals surface area contributed by atoms with Gasteiger partial charge in [-0.2, -0.15) is 27.8 Å². The largest absolute Gasteiger partial charge is 0.489 e. The fourth-order valence-electron chi connectivity index (χ4n) is 3.85. The van der Waals surface area contributed by atoms with E-state index in [0.717, 1.165) is 66.3 Å². The minimum absolute atomic E-state index is 0.0177. The molecule has 1 saturated heterocycles. The van der Waals surface area contributed by atoms with Gasteiger partial charge in [0.2, 0.25) is 0 Å². The average Bonchev–Trinajstić information content (AvgIpc) is 3.21. The predicted molar refractivity (Wildman–Crippen MR) is 110 cm³/mol. The Kier molecular flexibility index (Phi) is 5.95. The molecule has 0 N–H and O–H groups in total. The normalized spacial score (nSPS) is 16.0. The fraction of sp³-hybridized carbons (Fsp3) is 0.409. The highest BCUT2D eigenvalue weighted by molar-refractivity contribution is 5.34. The first kappa shape index (κ1) is 21.3. The van der Waals surface area contributed by atoms with Crippen LogP contribution < -0.4 is 4.74 Å². The third-order valence-corrected chi connectivity index (χ3v) is 5.41. The summed E-state index contributed by atoms with van der Waals surface area (Å²) < 4.78 is 47.0. The number of aromatic nitrogens is 4. The van der Waals surface area contributed by atoms with Gasteiger partial charge in [-0.1, -0.05) is 24.8 Å². The van der Waals surface area contributed by atoms with Crippen molar-refractivity contribution in [2.24, 2.45) is 0 Å². The number of benzene rings is 1. The van der Waals surface area contributed by atoms with Gasteiger partial charge in [0, 0.05) is 23.7 Å². The third kappa shape index (κ3) is 4.87. The molecule has 0 spiro atoms. The molecule has 0 amide bonds. The van der Waals surface area contributed by atoms with Crippen molar-refractivity contribution >= 4 is 5.78 Å². The molecule has 0 atom stereocenters. The van der Waals surface area contributed by atoms with Crippen LogP contribution in [-0.2, 0) is 12.7 Å². The highest BCUT2D eigenvalue weighted by Gasteiger charge is 2.36. The summed E-state index contributed by atoms with van der Waals surface area (Å²) in [5, 5.41) is 3.66. The summed E-state index contributed by atoms with van der Waals surface area (Å²) in [6, 6.07) is 9.01. The van der Waals surface area contributed by atoms with Crippen LogP contribution in [0.3, 0.4) is 0 Å². The van der Waals surface area contributed by atoms with Gasteiger partial charge in [0.25, 0.3) is 5.78 Å². The Labute approximate surface area is 178 Å². The van der Waals surface area contributed by atoms with Crippen LogP contribution in [0, 0.1) is 0 Å². The molecule has 0 radical (unpaired) electrons. The van der Waals surface area contributed by atoms with Gasteiger partial charge in [-0.15, -0.1) is 0 Å². The summed E-state index contributed by atoms with van der Waals surface area (Å²) in [5.41, 5.74) is 1.63. The number of halogens is 3. The number of ether oxygens (including phenoxy) is 1. The van der Waals surface area contributed by atoms with Crippen molar-refractivity contribution in [3.05, 3.63) is 65.8 Å². The van der Waals surface area contributed by atoms with Crippen LogP contribution >= 0.6 is 0 Å². The van der Waals surface area contributed by atoms with E-state index in [4.69, 9.17) is 4.74 Å². The number of hydrogen-bond donors (Lipinski definition) is 0. The first-order valence-corrected chi connectivity index (χ1v) is 10.2. The van der Waals surface area contributed by atoms with Crippen molar-refractivity contribution in [1.82, 2.24) is 24.5 Å². The SMILES string of the molecule is C=C(C)COc1ccccc1CN1CCC(c2cc(C(F)(F)F)n3ncnc3n2)CC1. The summed E-state index contributed by atoms with van der Waals surface area (Å²) >= 11 is 0. The molecule has 1 aliphatic heterocycles. The lowest BCUT2D eigenvalue weighted by molar-refractivity contribution is -0.142.